The minimum absolute atomic E-state index is 0.134. The molecule has 0 radical (unpaired) electrons. The van der Waals surface area contributed by atoms with E-state index in [4.69, 9.17) is 0 Å². The van der Waals surface area contributed by atoms with Crippen LogP contribution in [0.4, 0.5) is 5.95 Å². The zero-order chi connectivity index (χ0) is 7.56. The zero-order valence-electron chi connectivity index (χ0n) is 5.85. The van der Waals surface area contributed by atoms with Gasteiger partial charge in [0.15, 0.2) is 0 Å². The van der Waals surface area contributed by atoms with Gasteiger partial charge >= 0.3 is 0 Å². The molecular formula is C5H8N4O. The van der Waals surface area contributed by atoms with Crippen LogP contribution in [0.2, 0.25) is 0 Å². The number of hydrogen-bond donors (Lipinski definition) is 0. The predicted molar refractivity (Wildman–Crippen MR) is 35.9 cm³/mol. The quantitative estimate of drug-likeness (QED) is 0.581. The molecule has 0 spiro atoms. The van der Waals surface area contributed by atoms with Crippen molar-refractivity contribution in [3.05, 3.63) is 11.2 Å². The summed E-state index contributed by atoms with van der Waals surface area (Å²) in [6, 6.07) is 0.134. The Hall–Kier alpha value is -1.26. The second-order valence-electron chi connectivity index (χ2n) is 2.19. The van der Waals surface area contributed by atoms with Gasteiger partial charge in [-0.05, 0) is 13.8 Å². The van der Waals surface area contributed by atoms with Crippen molar-refractivity contribution in [1.82, 2.24) is 14.8 Å². The van der Waals surface area contributed by atoms with Gasteiger partial charge in [-0.15, -0.1) is 4.91 Å². The first-order chi connectivity index (χ1) is 4.75. The van der Waals surface area contributed by atoms with E-state index in [1.54, 1.807) is 0 Å². The molecule has 0 N–H and O–H groups in total. The summed E-state index contributed by atoms with van der Waals surface area (Å²) in [5.74, 6) is 0.134. The Balaban J connectivity index is 3.01. The van der Waals surface area contributed by atoms with Gasteiger partial charge in [-0.1, -0.05) is 0 Å². The zero-order valence-corrected chi connectivity index (χ0v) is 5.85. The lowest BCUT2D eigenvalue weighted by molar-refractivity contribution is 0.535. The predicted octanol–water partition coefficient (Wildman–Crippen LogP) is 1.26. The number of nitroso groups, excluding NO2 is 1. The highest BCUT2D eigenvalue weighted by molar-refractivity contribution is 5.11. The molecule has 0 atom stereocenters. The molecule has 54 valence electrons. The van der Waals surface area contributed by atoms with Crippen molar-refractivity contribution in [2.24, 2.45) is 5.18 Å². The van der Waals surface area contributed by atoms with E-state index in [9.17, 15) is 4.91 Å². The largest absolute Gasteiger partial charge is 0.289 e. The fourth-order valence-electron chi connectivity index (χ4n) is 0.674. The van der Waals surface area contributed by atoms with Gasteiger partial charge < -0.3 is 0 Å². The average Bonchev–Trinajstić information content (AvgIpc) is 2.33. The van der Waals surface area contributed by atoms with Crippen LogP contribution in [0.25, 0.3) is 0 Å². The minimum Gasteiger partial charge on any atom is -0.225 e. The second kappa shape index (κ2) is 2.55. The molecular weight excluding hydrogens is 132 g/mol. The molecule has 1 heterocycles. The first-order valence-electron chi connectivity index (χ1n) is 2.98. The summed E-state index contributed by atoms with van der Waals surface area (Å²) in [6.45, 7) is 3.81. The molecule has 0 saturated carbocycles. The highest BCUT2D eigenvalue weighted by Crippen LogP contribution is 2.11. The summed E-state index contributed by atoms with van der Waals surface area (Å²) >= 11 is 0. The molecule has 0 aliphatic rings. The molecule has 5 heteroatoms. The van der Waals surface area contributed by atoms with E-state index in [2.05, 4.69) is 15.3 Å². The molecule has 5 nitrogen and oxygen atoms in total. The maximum absolute atomic E-state index is 10.0. The van der Waals surface area contributed by atoms with Gasteiger partial charge in [-0.3, -0.25) is 0 Å². The van der Waals surface area contributed by atoms with E-state index >= 15 is 0 Å². The van der Waals surface area contributed by atoms with Gasteiger partial charge in [0.1, 0.15) is 6.33 Å². The minimum atomic E-state index is 0.134. The summed E-state index contributed by atoms with van der Waals surface area (Å²) in [6.07, 6.45) is 1.32. The maximum Gasteiger partial charge on any atom is 0.289 e. The van der Waals surface area contributed by atoms with Crippen LogP contribution in [0.3, 0.4) is 0 Å². The molecule has 0 unspecified atom stereocenters. The van der Waals surface area contributed by atoms with Crippen LogP contribution in [0, 0.1) is 4.91 Å². The van der Waals surface area contributed by atoms with Crippen molar-refractivity contribution in [3.63, 3.8) is 0 Å². The van der Waals surface area contributed by atoms with E-state index in [-0.39, 0.29) is 12.0 Å². The Morgan fingerprint density at radius 3 is 2.80 bits per heavy atom. The number of rotatable bonds is 2. The molecule has 1 rings (SSSR count). The molecule has 0 aromatic carbocycles. The van der Waals surface area contributed by atoms with Gasteiger partial charge in [0.25, 0.3) is 5.95 Å². The van der Waals surface area contributed by atoms with E-state index in [1.165, 1.54) is 11.0 Å². The summed E-state index contributed by atoms with van der Waals surface area (Å²) in [5.41, 5.74) is 0. The lowest BCUT2D eigenvalue weighted by Gasteiger charge is -2.02. The molecule has 0 saturated heterocycles. The van der Waals surface area contributed by atoms with Crippen LogP contribution in [0.5, 0.6) is 0 Å². The number of nitrogens with zero attached hydrogens (tertiary/aromatic N) is 4. The molecule has 0 bridgehead atoms. The second-order valence-corrected chi connectivity index (χ2v) is 2.19. The highest BCUT2D eigenvalue weighted by Gasteiger charge is 2.05. The molecule has 10 heavy (non-hydrogen) atoms. The summed E-state index contributed by atoms with van der Waals surface area (Å²) in [7, 11) is 0. The Labute approximate surface area is 58.0 Å². The fraction of sp³-hybridized carbons (Fsp3) is 0.600. The lowest BCUT2D eigenvalue weighted by atomic mass is 10.4. The van der Waals surface area contributed by atoms with Crippen LogP contribution in [0.1, 0.15) is 19.9 Å². The maximum atomic E-state index is 10.0. The van der Waals surface area contributed by atoms with Crippen molar-refractivity contribution in [2.75, 3.05) is 0 Å². The van der Waals surface area contributed by atoms with Crippen LogP contribution < -0.4 is 0 Å². The third kappa shape index (κ3) is 1.02. The Kier molecular flexibility index (Phi) is 1.75. The van der Waals surface area contributed by atoms with Crippen LogP contribution >= 0.6 is 0 Å². The molecule has 1 aromatic rings. The van der Waals surface area contributed by atoms with Crippen LogP contribution in [-0.4, -0.2) is 14.8 Å². The number of hydrogen-bond acceptors (Lipinski definition) is 4. The highest BCUT2D eigenvalue weighted by atomic mass is 16.3. The number of aromatic nitrogens is 3. The third-order valence-electron chi connectivity index (χ3n) is 1.12. The van der Waals surface area contributed by atoms with Gasteiger partial charge in [-0.2, -0.15) is 10.1 Å². The van der Waals surface area contributed by atoms with Crippen LogP contribution in [-0.2, 0) is 0 Å². The molecule has 1 aromatic heterocycles. The smallest absolute Gasteiger partial charge is 0.225 e. The Morgan fingerprint density at radius 2 is 2.40 bits per heavy atom. The van der Waals surface area contributed by atoms with E-state index in [0.29, 0.717) is 0 Å². The first-order valence-corrected chi connectivity index (χ1v) is 2.98. The monoisotopic (exact) mass is 140 g/mol. The molecule has 0 aliphatic carbocycles. The van der Waals surface area contributed by atoms with Crippen molar-refractivity contribution in [3.8, 4) is 0 Å². The fourth-order valence-corrected chi connectivity index (χ4v) is 0.674. The summed E-state index contributed by atoms with van der Waals surface area (Å²) in [4.78, 5) is 13.6. The molecule has 0 amide bonds. The van der Waals surface area contributed by atoms with Gasteiger partial charge in [0, 0.05) is 5.18 Å². The van der Waals surface area contributed by atoms with E-state index in [1.807, 2.05) is 13.8 Å². The first kappa shape index (κ1) is 6.85. The summed E-state index contributed by atoms with van der Waals surface area (Å²) < 4.78 is 1.47. The normalized spacial score (nSPS) is 10.3. The van der Waals surface area contributed by atoms with Gasteiger partial charge in [-0.25, -0.2) is 4.68 Å². The summed E-state index contributed by atoms with van der Waals surface area (Å²) in [5, 5.41) is 6.49. The van der Waals surface area contributed by atoms with Crippen LogP contribution in [0.15, 0.2) is 11.5 Å². The average molecular weight is 140 g/mol. The van der Waals surface area contributed by atoms with Crippen molar-refractivity contribution in [1.29, 1.82) is 0 Å². The topological polar surface area (TPSA) is 60.1 Å². The molecule has 0 aliphatic heterocycles. The van der Waals surface area contributed by atoms with Crippen molar-refractivity contribution >= 4 is 5.95 Å². The van der Waals surface area contributed by atoms with Crippen molar-refractivity contribution < 1.29 is 0 Å². The van der Waals surface area contributed by atoms with Crippen molar-refractivity contribution in [2.45, 2.75) is 19.9 Å². The third-order valence-corrected chi connectivity index (χ3v) is 1.12. The molecule has 0 fully saturated rings. The lowest BCUT2D eigenvalue weighted by Crippen LogP contribution is -2.01. The Bertz CT molecular complexity index is 229. The van der Waals surface area contributed by atoms with E-state index < -0.39 is 0 Å². The van der Waals surface area contributed by atoms with Gasteiger partial charge in [0.2, 0.25) is 0 Å². The SMILES string of the molecule is CC(C)n1ncnc1N=O. The van der Waals surface area contributed by atoms with E-state index in [0.717, 1.165) is 0 Å². The van der Waals surface area contributed by atoms with Gasteiger partial charge in [0.05, 0.1) is 6.04 Å². The Morgan fingerprint density at radius 1 is 1.70 bits per heavy atom. The standard InChI is InChI=1S/C5H8N4O/c1-4(2)9-5(8-10)6-3-7-9/h3-4H,1-2H3.